The van der Waals surface area contributed by atoms with Gasteiger partial charge in [-0.2, -0.15) is 5.26 Å². The molecule has 0 aromatic heterocycles. The molecule has 0 saturated heterocycles. The van der Waals surface area contributed by atoms with Crippen LogP contribution in [0.2, 0.25) is 0 Å². The number of ether oxygens (including phenoxy) is 2. The molecular formula is C16H15N3O3. The highest BCUT2D eigenvalue weighted by atomic mass is 16.5. The van der Waals surface area contributed by atoms with Gasteiger partial charge in [0.15, 0.2) is 6.61 Å². The third kappa shape index (κ3) is 3.67. The fourth-order valence-electron chi connectivity index (χ4n) is 1.80. The summed E-state index contributed by atoms with van der Waals surface area (Å²) in [6.07, 6.45) is 0. The number of rotatable bonds is 5. The van der Waals surface area contributed by atoms with Crippen molar-refractivity contribution in [1.29, 1.82) is 5.26 Å². The number of para-hydroxylation sites is 1. The van der Waals surface area contributed by atoms with Gasteiger partial charge in [-0.15, -0.1) is 0 Å². The van der Waals surface area contributed by atoms with Gasteiger partial charge in [0.05, 0.1) is 24.0 Å². The molecule has 6 nitrogen and oxygen atoms in total. The topological polar surface area (TPSA) is 97.4 Å². The summed E-state index contributed by atoms with van der Waals surface area (Å²) in [6, 6.07) is 13.7. The average Bonchev–Trinajstić information content (AvgIpc) is 2.55. The lowest BCUT2D eigenvalue weighted by Gasteiger charge is -2.11. The lowest BCUT2D eigenvalue weighted by Crippen LogP contribution is -2.21. The van der Waals surface area contributed by atoms with E-state index in [-0.39, 0.29) is 12.5 Å². The minimum atomic E-state index is -0.371. The summed E-state index contributed by atoms with van der Waals surface area (Å²) in [5.74, 6) is 0.599. The standard InChI is InChI=1S/C16H15N3O3/c1-21-12-6-7-14(13(18)8-12)19-16(20)10-22-15-5-3-2-4-11(15)9-17/h2-8H,10,18H2,1H3,(H,19,20). The molecule has 0 radical (unpaired) electrons. The molecule has 6 heteroatoms. The van der Waals surface area contributed by atoms with Gasteiger partial charge < -0.3 is 20.5 Å². The Labute approximate surface area is 128 Å². The minimum absolute atomic E-state index is 0.218. The number of nitrogens with one attached hydrogen (secondary N) is 1. The van der Waals surface area contributed by atoms with E-state index in [0.29, 0.717) is 28.4 Å². The van der Waals surface area contributed by atoms with E-state index >= 15 is 0 Å². The van der Waals surface area contributed by atoms with Crippen molar-refractivity contribution in [1.82, 2.24) is 0 Å². The molecule has 112 valence electrons. The van der Waals surface area contributed by atoms with Crippen molar-refractivity contribution in [2.75, 3.05) is 24.8 Å². The molecule has 0 atom stereocenters. The van der Waals surface area contributed by atoms with Gasteiger partial charge >= 0.3 is 0 Å². The van der Waals surface area contributed by atoms with E-state index in [4.69, 9.17) is 20.5 Å². The maximum atomic E-state index is 11.9. The average molecular weight is 297 g/mol. The van der Waals surface area contributed by atoms with E-state index in [2.05, 4.69) is 5.32 Å². The Balaban J connectivity index is 1.98. The van der Waals surface area contributed by atoms with Gasteiger partial charge in [-0.25, -0.2) is 0 Å². The molecule has 0 aliphatic heterocycles. The second kappa shape index (κ2) is 6.99. The molecule has 0 heterocycles. The smallest absolute Gasteiger partial charge is 0.262 e. The molecule has 2 rings (SSSR count). The Bertz CT molecular complexity index is 723. The molecule has 0 saturated carbocycles. The van der Waals surface area contributed by atoms with Crippen molar-refractivity contribution in [3.63, 3.8) is 0 Å². The number of nitrogens with zero attached hydrogens (tertiary/aromatic N) is 1. The summed E-state index contributed by atoms with van der Waals surface area (Å²) in [4.78, 5) is 11.9. The Kier molecular flexibility index (Phi) is 4.83. The number of nitriles is 1. The van der Waals surface area contributed by atoms with Crippen LogP contribution in [0.3, 0.4) is 0 Å². The first kappa shape index (κ1) is 15.2. The predicted octanol–water partition coefficient (Wildman–Crippen LogP) is 2.17. The van der Waals surface area contributed by atoms with Crippen LogP contribution in [0.5, 0.6) is 11.5 Å². The van der Waals surface area contributed by atoms with Gasteiger partial charge in [-0.3, -0.25) is 4.79 Å². The zero-order valence-electron chi connectivity index (χ0n) is 12.0. The van der Waals surface area contributed by atoms with Crippen LogP contribution in [0.4, 0.5) is 11.4 Å². The van der Waals surface area contributed by atoms with E-state index in [9.17, 15) is 4.79 Å². The van der Waals surface area contributed by atoms with Gasteiger partial charge in [0.25, 0.3) is 5.91 Å². The quantitative estimate of drug-likeness (QED) is 0.824. The van der Waals surface area contributed by atoms with Crippen LogP contribution < -0.4 is 20.5 Å². The number of nitrogens with two attached hydrogens (primary N) is 1. The van der Waals surface area contributed by atoms with Crippen LogP contribution in [-0.4, -0.2) is 19.6 Å². The van der Waals surface area contributed by atoms with Gasteiger partial charge in [-0.1, -0.05) is 12.1 Å². The van der Waals surface area contributed by atoms with E-state index in [0.717, 1.165) is 0 Å². The lowest BCUT2D eigenvalue weighted by atomic mass is 10.2. The molecule has 0 bridgehead atoms. The number of hydrogen-bond donors (Lipinski definition) is 2. The largest absolute Gasteiger partial charge is 0.497 e. The summed E-state index contributed by atoms with van der Waals surface area (Å²) in [5.41, 5.74) is 7.06. The van der Waals surface area contributed by atoms with Crippen molar-refractivity contribution >= 4 is 17.3 Å². The molecule has 2 aromatic rings. The highest BCUT2D eigenvalue weighted by molar-refractivity contribution is 5.95. The third-order valence-electron chi connectivity index (χ3n) is 2.90. The Morgan fingerprint density at radius 1 is 1.32 bits per heavy atom. The summed E-state index contributed by atoms with van der Waals surface area (Å²) in [5, 5.41) is 11.6. The van der Waals surface area contributed by atoms with E-state index < -0.39 is 0 Å². The number of methoxy groups -OCH3 is 1. The number of anilines is 2. The molecule has 0 spiro atoms. The van der Waals surface area contributed by atoms with E-state index in [1.807, 2.05) is 6.07 Å². The molecular weight excluding hydrogens is 282 g/mol. The van der Waals surface area contributed by atoms with Gasteiger partial charge in [0, 0.05) is 6.07 Å². The van der Waals surface area contributed by atoms with E-state index in [1.54, 1.807) is 42.5 Å². The maximum absolute atomic E-state index is 11.9. The fraction of sp³-hybridized carbons (Fsp3) is 0.125. The van der Waals surface area contributed by atoms with Gasteiger partial charge in [-0.05, 0) is 24.3 Å². The number of benzene rings is 2. The SMILES string of the molecule is COc1ccc(NC(=O)COc2ccccc2C#N)c(N)c1. The first-order valence-electron chi connectivity index (χ1n) is 6.49. The number of nitrogen functional groups attached to an aromatic ring is 1. The van der Waals surface area contributed by atoms with Gasteiger partial charge in [0.1, 0.15) is 17.6 Å². The zero-order chi connectivity index (χ0) is 15.9. The second-order valence-corrected chi connectivity index (χ2v) is 4.40. The van der Waals surface area contributed by atoms with Crippen LogP contribution >= 0.6 is 0 Å². The van der Waals surface area contributed by atoms with Crippen molar-refractivity contribution < 1.29 is 14.3 Å². The van der Waals surface area contributed by atoms with Crippen LogP contribution in [0.25, 0.3) is 0 Å². The van der Waals surface area contributed by atoms with Crippen LogP contribution in [0, 0.1) is 11.3 Å². The number of amides is 1. The highest BCUT2D eigenvalue weighted by Crippen LogP contribution is 2.24. The summed E-state index contributed by atoms with van der Waals surface area (Å²) in [7, 11) is 1.54. The molecule has 0 fully saturated rings. The first-order chi connectivity index (χ1) is 10.6. The van der Waals surface area contributed by atoms with Gasteiger partial charge in [0.2, 0.25) is 0 Å². The van der Waals surface area contributed by atoms with Crippen LogP contribution in [0.1, 0.15) is 5.56 Å². The third-order valence-corrected chi connectivity index (χ3v) is 2.90. The second-order valence-electron chi connectivity index (χ2n) is 4.40. The molecule has 3 N–H and O–H groups in total. The maximum Gasteiger partial charge on any atom is 0.262 e. The predicted molar refractivity (Wildman–Crippen MR) is 82.7 cm³/mol. The summed E-state index contributed by atoms with van der Waals surface area (Å²) in [6.45, 7) is -0.218. The monoisotopic (exact) mass is 297 g/mol. The van der Waals surface area contributed by atoms with Crippen LogP contribution in [0.15, 0.2) is 42.5 Å². The Morgan fingerprint density at radius 3 is 2.77 bits per heavy atom. The first-order valence-corrected chi connectivity index (χ1v) is 6.49. The van der Waals surface area contributed by atoms with E-state index in [1.165, 1.54) is 7.11 Å². The van der Waals surface area contributed by atoms with Crippen molar-refractivity contribution in [3.05, 3.63) is 48.0 Å². The van der Waals surface area contributed by atoms with Crippen molar-refractivity contribution in [2.24, 2.45) is 0 Å². The van der Waals surface area contributed by atoms with Crippen LogP contribution in [-0.2, 0) is 4.79 Å². The molecule has 1 amide bonds. The minimum Gasteiger partial charge on any atom is -0.497 e. The Hall–Kier alpha value is -3.20. The number of carbonyl (C=O) groups is 1. The number of hydrogen-bond acceptors (Lipinski definition) is 5. The summed E-state index contributed by atoms with van der Waals surface area (Å²) >= 11 is 0. The van der Waals surface area contributed by atoms with Crippen molar-refractivity contribution in [2.45, 2.75) is 0 Å². The molecule has 2 aromatic carbocycles. The fourth-order valence-corrected chi connectivity index (χ4v) is 1.80. The zero-order valence-corrected chi connectivity index (χ0v) is 12.0. The van der Waals surface area contributed by atoms with Crippen molar-refractivity contribution in [3.8, 4) is 17.6 Å². The molecule has 22 heavy (non-hydrogen) atoms. The number of carbonyl (C=O) groups excluding carboxylic acids is 1. The lowest BCUT2D eigenvalue weighted by molar-refractivity contribution is -0.118. The molecule has 0 aliphatic rings. The molecule has 0 aliphatic carbocycles. The summed E-state index contributed by atoms with van der Waals surface area (Å²) < 4.78 is 10.4. The normalized spacial score (nSPS) is 9.64. The molecule has 0 unspecified atom stereocenters. The Morgan fingerprint density at radius 2 is 2.09 bits per heavy atom. The highest BCUT2D eigenvalue weighted by Gasteiger charge is 2.09.